The molecule has 0 spiro atoms. The van der Waals surface area contributed by atoms with Gasteiger partial charge in [-0.1, -0.05) is 12.1 Å². The average Bonchev–Trinajstić information content (AvgIpc) is 2.61. The van der Waals surface area contributed by atoms with Gasteiger partial charge in [0.1, 0.15) is 5.75 Å². The number of nitrogens with zero attached hydrogens (tertiary/aromatic N) is 2. The van der Waals surface area contributed by atoms with Crippen molar-refractivity contribution in [2.45, 2.75) is 26.5 Å². The van der Waals surface area contributed by atoms with Crippen LogP contribution < -0.4 is 4.74 Å². The Morgan fingerprint density at radius 3 is 2.76 bits per heavy atom. The molecule has 0 aliphatic heterocycles. The lowest BCUT2D eigenvalue weighted by molar-refractivity contribution is -0.139. The molecule has 1 amide bonds. The SMILES string of the molecule is COCCN(Cc1ccccn1)C(=O)C(C)Oc1ccc(C)cc1Br. The lowest BCUT2D eigenvalue weighted by atomic mass is 10.2. The third-order valence-electron chi connectivity index (χ3n) is 3.69. The molecule has 2 rings (SSSR count). The Morgan fingerprint density at radius 1 is 1.32 bits per heavy atom. The maximum absolute atomic E-state index is 12.8. The summed E-state index contributed by atoms with van der Waals surface area (Å²) in [5.41, 5.74) is 1.95. The van der Waals surface area contributed by atoms with Gasteiger partial charge in [0.15, 0.2) is 6.10 Å². The highest BCUT2D eigenvalue weighted by Gasteiger charge is 2.23. The maximum atomic E-state index is 12.8. The fraction of sp³-hybridized carbons (Fsp3) is 0.368. The van der Waals surface area contributed by atoms with Crippen molar-refractivity contribution in [1.29, 1.82) is 0 Å². The Bertz CT molecular complexity index is 694. The normalized spacial score (nSPS) is 11.8. The number of halogens is 1. The first kappa shape index (κ1) is 19.4. The van der Waals surface area contributed by atoms with E-state index < -0.39 is 6.10 Å². The summed E-state index contributed by atoms with van der Waals surface area (Å²) in [7, 11) is 1.62. The van der Waals surface area contributed by atoms with Gasteiger partial charge < -0.3 is 14.4 Å². The van der Waals surface area contributed by atoms with E-state index in [1.807, 2.05) is 43.3 Å². The molecule has 0 saturated heterocycles. The molecule has 0 saturated carbocycles. The Balaban J connectivity index is 2.08. The van der Waals surface area contributed by atoms with E-state index in [1.165, 1.54) is 0 Å². The zero-order valence-electron chi connectivity index (χ0n) is 14.7. The molecule has 6 heteroatoms. The van der Waals surface area contributed by atoms with Gasteiger partial charge in [-0.2, -0.15) is 0 Å². The number of hydrogen-bond acceptors (Lipinski definition) is 4. The van der Waals surface area contributed by atoms with E-state index in [4.69, 9.17) is 9.47 Å². The van der Waals surface area contributed by atoms with Gasteiger partial charge in [-0.3, -0.25) is 9.78 Å². The summed E-state index contributed by atoms with van der Waals surface area (Å²) in [5, 5.41) is 0. The van der Waals surface area contributed by atoms with Crippen LogP contribution in [0.1, 0.15) is 18.2 Å². The second-order valence-electron chi connectivity index (χ2n) is 5.77. The van der Waals surface area contributed by atoms with E-state index in [0.29, 0.717) is 25.4 Å². The number of aryl methyl sites for hydroxylation is 1. The molecule has 1 unspecified atom stereocenters. The van der Waals surface area contributed by atoms with Crippen molar-refractivity contribution in [1.82, 2.24) is 9.88 Å². The molecule has 1 atom stereocenters. The van der Waals surface area contributed by atoms with Crippen LogP contribution in [-0.4, -0.2) is 42.2 Å². The van der Waals surface area contributed by atoms with Crippen LogP contribution in [0.4, 0.5) is 0 Å². The second kappa shape index (κ2) is 9.53. The molecular weight excluding hydrogens is 384 g/mol. The number of carbonyl (C=O) groups excluding carboxylic acids is 1. The van der Waals surface area contributed by atoms with Crippen molar-refractivity contribution >= 4 is 21.8 Å². The molecule has 1 aromatic heterocycles. The number of hydrogen-bond donors (Lipinski definition) is 0. The minimum absolute atomic E-state index is 0.102. The van der Waals surface area contributed by atoms with E-state index in [9.17, 15) is 4.79 Å². The van der Waals surface area contributed by atoms with Crippen molar-refractivity contribution in [2.24, 2.45) is 0 Å². The number of ether oxygens (including phenoxy) is 2. The van der Waals surface area contributed by atoms with Gasteiger partial charge in [0.25, 0.3) is 5.91 Å². The first-order chi connectivity index (χ1) is 12.0. The quantitative estimate of drug-likeness (QED) is 0.671. The standard InChI is InChI=1S/C19H23BrN2O3/c1-14-7-8-18(17(20)12-14)25-15(2)19(23)22(10-11-24-3)13-16-6-4-5-9-21-16/h4-9,12,15H,10-11,13H2,1-3H3. The topological polar surface area (TPSA) is 51.7 Å². The zero-order valence-corrected chi connectivity index (χ0v) is 16.3. The molecule has 0 aliphatic rings. The molecule has 5 nitrogen and oxygen atoms in total. The molecule has 134 valence electrons. The maximum Gasteiger partial charge on any atom is 0.263 e. The predicted molar refractivity (Wildman–Crippen MR) is 100 cm³/mol. The van der Waals surface area contributed by atoms with E-state index >= 15 is 0 Å². The van der Waals surface area contributed by atoms with Crippen LogP contribution in [0.15, 0.2) is 47.1 Å². The predicted octanol–water partition coefficient (Wildman–Crippen LogP) is 3.60. The number of methoxy groups -OCH3 is 1. The van der Waals surface area contributed by atoms with E-state index in [0.717, 1.165) is 15.7 Å². The van der Waals surface area contributed by atoms with Gasteiger partial charge in [-0.15, -0.1) is 0 Å². The number of rotatable bonds is 8. The first-order valence-corrected chi connectivity index (χ1v) is 8.91. The second-order valence-corrected chi connectivity index (χ2v) is 6.62. The molecule has 0 N–H and O–H groups in total. The molecule has 25 heavy (non-hydrogen) atoms. The molecule has 0 fully saturated rings. The highest BCUT2D eigenvalue weighted by atomic mass is 79.9. The van der Waals surface area contributed by atoms with Crippen LogP contribution in [-0.2, 0) is 16.1 Å². The summed E-state index contributed by atoms with van der Waals surface area (Å²) < 4.78 is 11.8. The number of pyridine rings is 1. The molecule has 1 aromatic carbocycles. The van der Waals surface area contributed by atoms with Crippen LogP contribution in [0.5, 0.6) is 5.75 Å². The number of aromatic nitrogens is 1. The molecule has 1 heterocycles. The smallest absolute Gasteiger partial charge is 0.263 e. The fourth-order valence-corrected chi connectivity index (χ4v) is 2.94. The van der Waals surface area contributed by atoms with E-state index in [1.54, 1.807) is 25.1 Å². The van der Waals surface area contributed by atoms with Crippen molar-refractivity contribution in [2.75, 3.05) is 20.3 Å². The van der Waals surface area contributed by atoms with Crippen molar-refractivity contribution < 1.29 is 14.3 Å². The highest BCUT2D eigenvalue weighted by Crippen LogP contribution is 2.27. The molecule has 0 bridgehead atoms. The van der Waals surface area contributed by atoms with Gasteiger partial charge >= 0.3 is 0 Å². The monoisotopic (exact) mass is 406 g/mol. The van der Waals surface area contributed by atoms with E-state index in [2.05, 4.69) is 20.9 Å². The fourth-order valence-electron chi connectivity index (χ4n) is 2.36. The highest BCUT2D eigenvalue weighted by molar-refractivity contribution is 9.10. The van der Waals surface area contributed by atoms with Crippen molar-refractivity contribution in [3.63, 3.8) is 0 Å². The minimum atomic E-state index is -0.612. The summed E-state index contributed by atoms with van der Waals surface area (Å²) in [5.74, 6) is 0.547. The molecule has 0 aliphatic carbocycles. The number of carbonyl (C=O) groups is 1. The van der Waals surface area contributed by atoms with Gasteiger partial charge in [0.2, 0.25) is 0 Å². The largest absolute Gasteiger partial charge is 0.480 e. The summed E-state index contributed by atoms with van der Waals surface area (Å²) in [6, 6.07) is 11.4. The van der Waals surface area contributed by atoms with Crippen LogP contribution in [0.25, 0.3) is 0 Å². The first-order valence-electron chi connectivity index (χ1n) is 8.11. The minimum Gasteiger partial charge on any atom is -0.480 e. The Labute approximate surface area is 157 Å². The lowest BCUT2D eigenvalue weighted by Crippen LogP contribution is -2.41. The van der Waals surface area contributed by atoms with Gasteiger partial charge in [-0.05, 0) is 59.6 Å². The van der Waals surface area contributed by atoms with Crippen LogP contribution in [0.2, 0.25) is 0 Å². The Kier molecular flexibility index (Phi) is 7.40. The summed E-state index contributed by atoms with van der Waals surface area (Å²) >= 11 is 3.48. The molecule has 2 aromatic rings. The van der Waals surface area contributed by atoms with Crippen molar-refractivity contribution in [3.05, 3.63) is 58.3 Å². The average molecular weight is 407 g/mol. The Hall–Kier alpha value is -1.92. The van der Waals surface area contributed by atoms with E-state index in [-0.39, 0.29) is 5.91 Å². The molecular formula is C19H23BrN2O3. The molecule has 0 radical (unpaired) electrons. The third-order valence-corrected chi connectivity index (χ3v) is 4.31. The van der Waals surface area contributed by atoms with Crippen LogP contribution in [0, 0.1) is 6.92 Å². The summed E-state index contributed by atoms with van der Waals surface area (Å²) in [4.78, 5) is 18.8. The zero-order chi connectivity index (χ0) is 18.2. The number of amides is 1. The van der Waals surface area contributed by atoms with Crippen molar-refractivity contribution in [3.8, 4) is 5.75 Å². The summed E-state index contributed by atoms with van der Waals surface area (Å²) in [6.45, 7) is 5.12. The Morgan fingerprint density at radius 2 is 2.12 bits per heavy atom. The van der Waals surface area contributed by atoms with Crippen LogP contribution in [0.3, 0.4) is 0 Å². The van der Waals surface area contributed by atoms with Crippen LogP contribution >= 0.6 is 15.9 Å². The number of benzene rings is 1. The van der Waals surface area contributed by atoms with Gasteiger partial charge in [0.05, 0.1) is 23.3 Å². The summed E-state index contributed by atoms with van der Waals surface area (Å²) in [6.07, 6.45) is 1.11. The lowest BCUT2D eigenvalue weighted by Gasteiger charge is -2.26. The van der Waals surface area contributed by atoms with Gasteiger partial charge in [-0.25, -0.2) is 0 Å². The van der Waals surface area contributed by atoms with Gasteiger partial charge in [0, 0.05) is 19.9 Å². The third kappa shape index (κ3) is 5.83.